The maximum atomic E-state index is 11.7. The quantitative estimate of drug-likeness (QED) is 0.445. The number of hydrazone groups is 1. The highest BCUT2D eigenvalue weighted by Gasteiger charge is 2.02. The number of hydrogen-bond acceptors (Lipinski definition) is 4. The Balaban J connectivity index is 2.04. The predicted molar refractivity (Wildman–Crippen MR) is 71.3 cm³/mol. The number of benzene rings is 2. The van der Waals surface area contributed by atoms with E-state index in [1.54, 1.807) is 24.3 Å². The third-order valence-electron chi connectivity index (χ3n) is 2.42. The molecule has 0 unspecified atom stereocenters. The minimum Gasteiger partial charge on any atom is -0.508 e. The summed E-state index contributed by atoms with van der Waals surface area (Å²) in [5, 5.41) is 22.5. The van der Waals surface area contributed by atoms with Gasteiger partial charge in [-0.25, -0.2) is 5.43 Å². The summed E-state index contributed by atoms with van der Waals surface area (Å²) in [5.74, 6) is -0.374. The van der Waals surface area contributed by atoms with E-state index in [4.69, 9.17) is 0 Å². The lowest BCUT2D eigenvalue weighted by atomic mass is 10.2. The lowest BCUT2D eigenvalue weighted by Crippen LogP contribution is -2.17. The summed E-state index contributed by atoms with van der Waals surface area (Å²) in [6.45, 7) is 0. The van der Waals surface area contributed by atoms with E-state index in [1.807, 2.05) is 6.07 Å². The molecule has 0 aliphatic heterocycles. The third-order valence-corrected chi connectivity index (χ3v) is 2.42. The fourth-order valence-electron chi connectivity index (χ4n) is 1.46. The molecule has 0 radical (unpaired) electrons. The Kier molecular flexibility index (Phi) is 3.78. The van der Waals surface area contributed by atoms with Crippen LogP contribution in [0.3, 0.4) is 0 Å². The molecule has 2 aromatic rings. The minimum absolute atomic E-state index is 0.00800. The molecule has 96 valence electrons. The molecular formula is C14H12N2O3. The van der Waals surface area contributed by atoms with E-state index in [0.29, 0.717) is 11.1 Å². The van der Waals surface area contributed by atoms with Crippen LogP contribution in [-0.2, 0) is 0 Å². The second-order valence-corrected chi connectivity index (χ2v) is 3.81. The number of rotatable bonds is 3. The van der Waals surface area contributed by atoms with E-state index in [0.717, 1.165) is 0 Å². The van der Waals surface area contributed by atoms with Crippen LogP contribution in [0.1, 0.15) is 15.9 Å². The van der Waals surface area contributed by atoms with Gasteiger partial charge < -0.3 is 10.2 Å². The molecule has 0 saturated heterocycles. The number of carbonyl (C=O) groups is 1. The van der Waals surface area contributed by atoms with Gasteiger partial charge in [0.2, 0.25) is 0 Å². The van der Waals surface area contributed by atoms with Gasteiger partial charge in [-0.15, -0.1) is 0 Å². The first-order chi connectivity index (χ1) is 9.16. The highest BCUT2D eigenvalue weighted by molar-refractivity contribution is 5.95. The van der Waals surface area contributed by atoms with Crippen molar-refractivity contribution in [1.29, 1.82) is 0 Å². The van der Waals surface area contributed by atoms with E-state index < -0.39 is 0 Å². The highest BCUT2D eigenvalue weighted by Crippen LogP contribution is 2.19. The standard InChI is InChI=1S/C14H12N2O3/c17-12-6-7-13(18)11(8-12)9-15-16-14(19)10-4-2-1-3-5-10/h1-9,17-18H,(H,16,19)/b15-9+. The fraction of sp³-hybridized carbons (Fsp3) is 0. The van der Waals surface area contributed by atoms with Crippen LogP contribution in [0.4, 0.5) is 0 Å². The van der Waals surface area contributed by atoms with Crippen LogP contribution >= 0.6 is 0 Å². The fourth-order valence-corrected chi connectivity index (χ4v) is 1.46. The van der Waals surface area contributed by atoms with Crippen LogP contribution in [0.2, 0.25) is 0 Å². The summed E-state index contributed by atoms with van der Waals surface area (Å²) >= 11 is 0. The van der Waals surface area contributed by atoms with Gasteiger partial charge in [-0.05, 0) is 30.3 Å². The molecule has 0 heterocycles. The van der Waals surface area contributed by atoms with Crippen LogP contribution in [0.5, 0.6) is 11.5 Å². The van der Waals surface area contributed by atoms with Crippen LogP contribution in [-0.4, -0.2) is 22.3 Å². The van der Waals surface area contributed by atoms with E-state index in [2.05, 4.69) is 10.5 Å². The number of carbonyl (C=O) groups excluding carboxylic acids is 1. The van der Waals surface area contributed by atoms with Crippen LogP contribution in [0.15, 0.2) is 53.6 Å². The summed E-state index contributed by atoms with van der Waals surface area (Å²) in [7, 11) is 0. The Morgan fingerprint density at radius 3 is 2.58 bits per heavy atom. The Morgan fingerprint density at radius 1 is 1.11 bits per heavy atom. The second kappa shape index (κ2) is 5.68. The van der Waals surface area contributed by atoms with E-state index in [1.165, 1.54) is 24.4 Å². The molecule has 5 heteroatoms. The molecular weight excluding hydrogens is 244 g/mol. The summed E-state index contributed by atoms with van der Waals surface area (Å²) in [6, 6.07) is 12.7. The maximum absolute atomic E-state index is 11.7. The third kappa shape index (κ3) is 3.32. The number of nitrogens with zero attached hydrogens (tertiary/aromatic N) is 1. The van der Waals surface area contributed by atoms with E-state index in [9.17, 15) is 15.0 Å². The molecule has 1 amide bonds. The van der Waals surface area contributed by atoms with Crippen LogP contribution in [0.25, 0.3) is 0 Å². The van der Waals surface area contributed by atoms with Crippen LogP contribution in [0, 0.1) is 0 Å². The van der Waals surface area contributed by atoms with Crippen molar-refractivity contribution in [2.24, 2.45) is 5.10 Å². The molecule has 0 atom stereocenters. The molecule has 19 heavy (non-hydrogen) atoms. The van der Waals surface area contributed by atoms with Crippen molar-refractivity contribution in [2.75, 3.05) is 0 Å². The maximum Gasteiger partial charge on any atom is 0.271 e. The smallest absolute Gasteiger partial charge is 0.271 e. The highest BCUT2D eigenvalue weighted by atomic mass is 16.3. The monoisotopic (exact) mass is 256 g/mol. The van der Waals surface area contributed by atoms with Crippen molar-refractivity contribution >= 4 is 12.1 Å². The van der Waals surface area contributed by atoms with Crippen molar-refractivity contribution in [3.63, 3.8) is 0 Å². The number of aromatic hydroxyl groups is 2. The zero-order valence-corrected chi connectivity index (χ0v) is 9.95. The number of hydrogen-bond donors (Lipinski definition) is 3. The van der Waals surface area contributed by atoms with E-state index >= 15 is 0 Å². The number of amides is 1. The molecule has 5 nitrogen and oxygen atoms in total. The van der Waals surface area contributed by atoms with Gasteiger partial charge in [0, 0.05) is 11.1 Å². The lowest BCUT2D eigenvalue weighted by Gasteiger charge is -2.00. The average Bonchev–Trinajstić information content (AvgIpc) is 2.43. The topological polar surface area (TPSA) is 81.9 Å². The normalized spacial score (nSPS) is 10.5. The molecule has 0 aliphatic carbocycles. The van der Waals surface area contributed by atoms with Gasteiger partial charge in [0.1, 0.15) is 11.5 Å². The molecule has 2 aromatic carbocycles. The van der Waals surface area contributed by atoms with Gasteiger partial charge in [0.05, 0.1) is 6.21 Å². The molecule has 3 N–H and O–H groups in total. The first kappa shape index (κ1) is 12.6. The van der Waals surface area contributed by atoms with Gasteiger partial charge in [-0.2, -0.15) is 5.10 Å². The van der Waals surface area contributed by atoms with Gasteiger partial charge in [-0.1, -0.05) is 18.2 Å². The van der Waals surface area contributed by atoms with Crippen molar-refractivity contribution in [2.45, 2.75) is 0 Å². The van der Waals surface area contributed by atoms with Gasteiger partial charge in [0.25, 0.3) is 5.91 Å². The molecule has 0 bridgehead atoms. The van der Waals surface area contributed by atoms with Crippen molar-refractivity contribution < 1.29 is 15.0 Å². The molecule has 0 aliphatic rings. The Bertz CT molecular complexity index is 609. The Labute approximate surface area is 109 Å². The number of nitrogens with one attached hydrogen (secondary N) is 1. The minimum atomic E-state index is -0.350. The van der Waals surface area contributed by atoms with Crippen molar-refractivity contribution in [3.8, 4) is 11.5 Å². The molecule has 0 saturated carbocycles. The zero-order chi connectivity index (χ0) is 13.7. The lowest BCUT2D eigenvalue weighted by molar-refractivity contribution is 0.0955. The largest absolute Gasteiger partial charge is 0.508 e. The summed E-state index contributed by atoms with van der Waals surface area (Å²) in [6.07, 6.45) is 1.26. The zero-order valence-electron chi connectivity index (χ0n) is 9.95. The molecule has 2 rings (SSSR count). The Hall–Kier alpha value is -2.82. The number of phenols is 2. The second-order valence-electron chi connectivity index (χ2n) is 3.81. The summed E-state index contributed by atoms with van der Waals surface area (Å²) < 4.78 is 0. The van der Waals surface area contributed by atoms with Crippen molar-refractivity contribution in [3.05, 3.63) is 59.7 Å². The predicted octanol–water partition coefficient (Wildman–Crippen LogP) is 1.86. The van der Waals surface area contributed by atoms with Crippen LogP contribution < -0.4 is 5.43 Å². The van der Waals surface area contributed by atoms with E-state index in [-0.39, 0.29) is 17.4 Å². The van der Waals surface area contributed by atoms with Gasteiger partial charge in [-0.3, -0.25) is 4.79 Å². The van der Waals surface area contributed by atoms with Gasteiger partial charge >= 0.3 is 0 Å². The summed E-state index contributed by atoms with van der Waals surface area (Å²) in [5.41, 5.74) is 3.13. The average molecular weight is 256 g/mol. The number of phenolic OH excluding ortho intramolecular Hbond substituents is 2. The SMILES string of the molecule is O=C(N/N=C/c1cc(O)ccc1O)c1ccccc1. The molecule has 0 fully saturated rings. The summed E-state index contributed by atoms with van der Waals surface area (Å²) in [4.78, 5) is 11.7. The molecule has 0 aromatic heterocycles. The molecule has 0 spiro atoms. The first-order valence-corrected chi connectivity index (χ1v) is 5.57. The van der Waals surface area contributed by atoms with Crippen molar-refractivity contribution in [1.82, 2.24) is 5.43 Å². The van der Waals surface area contributed by atoms with Gasteiger partial charge in [0.15, 0.2) is 0 Å². The first-order valence-electron chi connectivity index (χ1n) is 5.57. The Morgan fingerprint density at radius 2 is 1.84 bits per heavy atom.